The molecular formula is C23H27NO3. The van der Waals surface area contributed by atoms with Crippen LogP contribution in [-0.2, 0) is 6.54 Å². The molecule has 0 fully saturated rings. The number of para-hydroxylation sites is 1. The van der Waals surface area contributed by atoms with Gasteiger partial charge in [-0.1, -0.05) is 32.0 Å². The molecule has 1 heterocycles. The largest absolute Gasteiger partial charge is 0.423 e. The van der Waals surface area contributed by atoms with Crippen molar-refractivity contribution in [3.63, 3.8) is 0 Å². The number of hydrogen-bond acceptors (Lipinski definition) is 4. The molecule has 0 saturated heterocycles. The van der Waals surface area contributed by atoms with E-state index < -0.39 is 6.10 Å². The minimum atomic E-state index is -0.481. The van der Waals surface area contributed by atoms with Crippen LogP contribution >= 0.6 is 0 Å². The van der Waals surface area contributed by atoms with Gasteiger partial charge in [-0.05, 0) is 60.7 Å². The molecule has 0 spiro atoms. The molecule has 142 valence electrons. The fourth-order valence-electron chi connectivity index (χ4n) is 3.57. The van der Waals surface area contributed by atoms with Gasteiger partial charge in [0.1, 0.15) is 5.58 Å². The van der Waals surface area contributed by atoms with Crippen molar-refractivity contribution in [2.24, 2.45) is 0 Å². The molecule has 0 saturated carbocycles. The summed E-state index contributed by atoms with van der Waals surface area (Å²) in [5.74, 6) is 0.386. The van der Waals surface area contributed by atoms with Crippen molar-refractivity contribution in [2.45, 2.75) is 46.3 Å². The lowest BCUT2D eigenvalue weighted by Gasteiger charge is -2.27. The summed E-state index contributed by atoms with van der Waals surface area (Å²) in [5.41, 5.74) is 4.56. The Morgan fingerprint density at radius 1 is 1.07 bits per heavy atom. The van der Waals surface area contributed by atoms with E-state index in [9.17, 15) is 9.90 Å². The summed E-state index contributed by atoms with van der Waals surface area (Å²) >= 11 is 0. The second-order valence-corrected chi connectivity index (χ2v) is 7.52. The van der Waals surface area contributed by atoms with E-state index in [1.54, 1.807) is 13.0 Å². The third kappa shape index (κ3) is 4.40. The molecule has 27 heavy (non-hydrogen) atoms. The zero-order valence-electron chi connectivity index (χ0n) is 16.4. The predicted octanol–water partition coefficient (Wildman–Crippen LogP) is 4.61. The maximum atomic E-state index is 12.1. The van der Waals surface area contributed by atoms with E-state index in [-0.39, 0.29) is 5.63 Å². The quantitative estimate of drug-likeness (QED) is 0.648. The van der Waals surface area contributed by atoms with Crippen molar-refractivity contribution < 1.29 is 9.52 Å². The van der Waals surface area contributed by atoms with Gasteiger partial charge in [0, 0.05) is 30.2 Å². The number of aryl methyl sites for hydroxylation is 1. The van der Waals surface area contributed by atoms with Crippen LogP contribution in [0.25, 0.3) is 11.0 Å². The van der Waals surface area contributed by atoms with Gasteiger partial charge >= 0.3 is 5.63 Å². The molecule has 0 aliphatic heterocycles. The number of aliphatic hydroxyl groups is 1. The Bertz CT molecular complexity index is 974. The molecule has 0 unspecified atom stereocenters. The number of nitrogens with zero attached hydrogens (tertiary/aromatic N) is 1. The van der Waals surface area contributed by atoms with Crippen LogP contribution in [0.2, 0.25) is 0 Å². The van der Waals surface area contributed by atoms with Crippen molar-refractivity contribution >= 4 is 16.7 Å². The Morgan fingerprint density at radius 3 is 2.41 bits per heavy atom. The number of hydrogen-bond donors (Lipinski definition) is 1. The fourth-order valence-corrected chi connectivity index (χ4v) is 3.57. The molecule has 1 aromatic heterocycles. The highest BCUT2D eigenvalue weighted by atomic mass is 16.4. The van der Waals surface area contributed by atoms with Gasteiger partial charge < -0.3 is 14.4 Å². The first kappa shape index (κ1) is 19.2. The molecule has 0 amide bonds. The lowest BCUT2D eigenvalue weighted by atomic mass is 9.94. The Hall–Kier alpha value is -2.59. The van der Waals surface area contributed by atoms with Gasteiger partial charge in [-0.15, -0.1) is 0 Å². The van der Waals surface area contributed by atoms with E-state index in [0.29, 0.717) is 24.6 Å². The zero-order chi connectivity index (χ0) is 19.6. The number of anilines is 1. The van der Waals surface area contributed by atoms with E-state index in [1.165, 1.54) is 5.56 Å². The fraction of sp³-hybridized carbons (Fsp3) is 0.348. The first-order chi connectivity index (χ1) is 12.8. The summed E-state index contributed by atoms with van der Waals surface area (Å²) in [6.45, 7) is 9.15. The normalized spacial score (nSPS) is 12.5. The minimum absolute atomic E-state index is 0.348. The molecule has 4 nitrogen and oxygen atoms in total. The van der Waals surface area contributed by atoms with Gasteiger partial charge in [-0.3, -0.25) is 0 Å². The van der Waals surface area contributed by atoms with E-state index >= 15 is 0 Å². The topological polar surface area (TPSA) is 53.7 Å². The third-order valence-electron chi connectivity index (χ3n) is 4.81. The summed E-state index contributed by atoms with van der Waals surface area (Å²) in [6.07, 6.45) is -0.481. The number of aliphatic hydroxyl groups excluding tert-OH is 1. The average Bonchev–Trinajstić information content (AvgIpc) is 2.60. The summed E-state index contributed by atoms with van der Waals surface area (Å²) < 4.78 is 5.46. The first-order valence-electron chi connectivity index (χ1n) is 9.40. The minimum Gasteiger partial charge on any atom is -0.423 e. The Kier molecular flexibility index (Phi) is 5.66. The number of rotatable bonds is 6. The maximum Gasteiger partial charge on any atom is 0.336 e. The Morgan fingerprint density at radius 2 is 1.78 bits per heavy atom. The molecule has 4 heteroatoms. The van der Waals surface area contributed by atoms with Crippen LogP contribution in [0.3, 0.4) is 0 Å². The van der Waals surface area contributed by atoms with Gasteiger partial charge in [-0.25, -0.2) is 4.79 Å². The molecule has 1 atom stereocenters. The highest BCUT2D eigenvalue weighted by molar-refractivity contribution is 5.82. The summed E-state index contributed by atoms with van der Waals surface area (Å²) in [5, 5.41) is 10.9. The molecule has 0 aliphatic rings. The second kappa shape index (κ2) is 7.97. The van der Waals surface area contributed by atoms with E-state index in [2.05, 4.69) is 24.8 Å². The summed E-state index contributed by atoms with van der Waals surface area (Å²) in [7, 11) is 0. The smallest absolute Gasteiger partial charge is 0.336 e. The van der Waals surface area contributed by atoms with Crippen molar-refractivity contribution in [3.05, 3.63) is 75.6 Å². The van der Waals surface area contributed by atoms with Crippen molar-refractivity contribution in [3.8, 4) is 0 Å². The van der Waals surface area contributed by atoms with E-state index in [4.69, 9.17) is 4.42 Å². The molecule has 3 aromatic rings. The Labute approximate surface area is 160 Å². The molecular weight excluding hydrogens is 338 g/mol. The summed E-state index contributed by atoms with van der Waals surface area (Å²) in [6, 6.07) is 15.6. The van der Waals surface area contributed by atoms with Gasteiger partial charge in [0.05, 0.1) is 6.10 Å². The van der Waals surface area contributed by atoms with Crippen LogP contribution in [0.4, 0.5) is 5.69 Å². The average molecular weight is 365 g/mol. The molecule has 0 bridgehead atoms. The molecule has 2 aromatic carbocycles. The van der Waals surface area contributed by atoms with Crippen LogP contribution in [-0.4, -0.2) is 17.8 Å². The SMILES string of the molecule is Cc1cc2oc(=O)cc(CN(C[C@@H](C)O)c3ccccc3)c2cc1C(C)C. The molecule has 0 aliphatic carbocycles. The molecule has 0 radical (unpaired) electrons. The van der Waals surface area contributed by atoms with Crippen molar-refractivity contribution in [1.82, 2.24) is 0 Å². The zero-order valence-corrected chi connectivity index (χ0v) is 16.4. The molecule has 3 rings (SSSR count). The maximum absolute atomic E-state index is 12.1. The van der Waals surface area contributed by atoms with Crippen LogP contribution in [0.15, 0.2) is 57.7 Å². The number of fused-ring (bicyclic) bond motifs is 1. The third-order valence-corrected chi connectivity index (χ3v) is 4.81. The van der Waals surface area contributed by atoms with Gasteiger partial charge in [0.2, 0.25) is 0 Å². The van der Waals surface area contributed by atoms with E-state index in [0.717, 1.165) is 22.2 Å². The lowest BCUT2D eigenvalue weighted by Crippen LogP contribution is -2.30. The van der Waals surface area contributed by atoms with Crippen LogP contribution in [0.5, 0.6) is 0 Å². The lowest BCUT2D eigenvalue weighted by molar-refractivity contribution is 0.199. The van der Waals surface area contributed by atoms with Gasteiger partial charge in [0.15, 0.2) is 0 Å². The predicted molar refractivity (Wildman–Crippen MR) is 110 cm³/mol. The van der Waals surface area contributed by atoms with E-state index in [1.807, 2.05) is 43.3 Å². The molecule has 1 N–H and O–H groups in total. The number of benzene rings is 2. The summed E-state index contributed by atoms with van der Waals surface area (Å²) in [4.78, 5) is 14.2. The van der Waals surface area contributed by atoms with Crippen molar-refractivity contribution in [2.75, 3.05) is 11.4 Å². The Balaban J connectivity index is 2.11. The second-order valence-electron chi connectivity index (χ2n) is 7.52. The van der Waals surface area contributed by atoms with Crippen molar-refractivity contribution in [1.29, 1.82) is 0 Å². The standard InChI is InChI=1S/C23H27NO3/c1-15(2)20-12-21-18(11-23(26)27-22(21)10-16(20)3)14-24(13-17(4)25)19-8-6-5-7-9-19/h5-12,15,17,25H,13-14H2,1-4H3/t17-/m1/s1. The van der Waals surface area contributed by atoms with Gasteiger partial charge in [0.25, 0.3) is 0 Å². The van der Waals surface area contributed by atoms with Crippen LogP contribution in [0.1, 0.15) is 43.4 Å². The first-order valence-corrected chi connectivity index (χ1v) is 9.40. The van der Waals surface area contributed by atoms with Gasteiger partial charge in [-0.2, -0.15) is 0 Å². The highest BCUT2D eigenvalue weighted by Crippen LogP contribution is 2.28. The van der Waals surface area contributed by atoms with Crippen LogP contribution < -0.4 is 10.5 Å². The monoisotopic (exact) mass is 365 g/mol. The van der Waals surface area contributed by atoms with Crippen LogP contribution in [0, 0.1) is 6.92 Å². The highest BCUT2D eigenvalue weighted by Gasteiger charge is 2.15.